The van der Waals surface area contributed by atoms with Gasteiger partial charge in [-0.2, -0.15) is 0 Å². The molecule has 0 aliphatic heterocycles. The molecule has 0 spiro atoms. The van der Waals surface area contributed by atoms with E-state index in [1.165, 1.54) is 16.8 Å². The van der Waals surface area contributed by atoms with Crippen molar-refractivity contribution < 1.29 is 0 Å². The van der Waals surface area contributed by atoms with E-state index in [-0.39, 0.29) is 0 Å². The number of anilines is 1. The number of halogens is 1. The van der Waals surface area contributed by atoms with Gasteiger partial charge < -0.3 is 4.90 Å². The molecule has 0 aromatic heterocycles. The Morgan fingerprint density at radius 3 is 2.50 bits per heavy atom. The van der Waals surface area contributed by atoms with Gasteiger partial charge in [0.15, 0.2) is 0 Å². The summed E-state index contributed by atoms with van der Waals surface area (Å²) in [5.41, 5.74) is 5.93. The molecule has 0 saturated heterocycles. The van der Waals surface area contributed by atoms with Gasteiger partial charge in [0.2, 0.25) is 0 Å². The summed E-state index contributed by atoms with van der Waals surface area (Å²) in [5.74, 6) is 0. The lowest BCUT2D eigenvalue weighted by Crippen LogP contribution is -2.19. The van der Waals surface area contributed by atoms with E-state index in [4.69, 9.17) is 0 Å². The molecule has 0 radical (unpaired) electrons. The Morgan fingerprint density at radius 2 is 1.95 bits per heavy atom. The highest BCUT2D eigenvalue weighted by Crippen LogP contribution is 2.30. The normalized spacial score (nSPS) is 12.8. The lowest BCUT2D eigenvalue weighted by molar-refractivity contribution is 1.03. The van der Waals surface area contributed by atoms with Crippen molar-refractivity contribution in [2.24, 2.45) is 0 Å². The zero-order valence-corrected chi connectivity index (χ0v) is 15.9. The van der Waals surface area contributed by atoms with Gasteiger partial charge in [-0.25, -0.2) is 0 Å². The van der Waals surface area contributed by atoms with Gasteiger partial charge >= 0.3 is 0 Å². The summed E-state index contributed by atoms with van der Waals surface area (Å²) in [6.07, 6.45) is 9.41. The van der Waals surface area contributed by atoms with E-state index in [1.807, 2.05) is 13.8 Å². The first-order valence-corrected chi connectivity index (χ1v) is 8.42. The zero-order chi connectivity index (χ0) is 16.7. The van der Waals surface area contributed by atoms with E-state index in [0.29, 0.717) is 0 Å². The summed E-state index contributed by atoms with van der Waals surface area (Å²) in [6.45, 7) is 14.6. The van der Waals surface area contributed by atoms with Crippen molar-refractivity contribution in [3.05, 3.63) is 76.1 Å². The van der Waals surface area contributed by atoms with Crippen LogP contribution in [0, 0.1) is 0 Å². The number of allylic oxidation sites excluding steroid dienone is 7. The molecule has 2 heteroatoms. The molecule has 1 rings (SSSR count). The first-order valence-electron chi connectivity index (χ1n) is 7.62. The third-order valence-electron chi connectivity index (χ3n) is 3.55. The SMILES string of the molecule is C=C(C)N(/C(C)=C/C=C\C(C)=CC)c1ccc(Br)cc1CC. The molecule has 118 valence electrons. The van der Waals surface area contributed by atoms with Crippen LogP contribution in [-0.4, -0.2) is 0 Å². The number of nitrogens with zero attached hydrogens (tertiary/aromatic N) is 1. The molecule has 22 heavy (non-hydrogen) atoms. The summed E-state index contributed by atoms with van der Waals surface area (Å²) >= 11 is 3.55. The second kappa shape index (κ2) is 8.79. The van der Waals surface area contributed by atoms with Crippen molar-refractivity contribution in [2.75, 3.05) is 4.90 Å². The van der Waals surface area contributed by atoms with Crippen LogP contribution in [0.1, 0.15) is 40.2 Å². The molecular weight excluding hydrogens is 334 g/mol. The summed E-state index contributed by atoms with van der Waals surface area (Å²) in [5, 5.41) is 0. The number of hydrogen-bond acceptors (Lipinski definition) is 1. The van der Waals surface area contributed by atoms with Gasteiger partial charge in [-0.3, -0.25) is 0 Å². The maximum atomic E-state index is 4.15. The number of hydrogen-bond donors (Lipinski definition) is 0. The molecule has 1 aromatic carbocycles. The second-order valence-corrected chi connectivity index (χ2v) is 6.31. The van der Waals surface area contributed by atoms with Crippen molar-refractivity contribution in [1.29, 1.82) is 0 Å². The van der Waals surface area contributed by atoms with Crippen LogP contribution in [0.4, 0.5) is 5.69 Å². The van der Waals surface area contributed by atoms with Gasteiger partial charge in [0.05, 0.1) is 0 Å². The van der Waals surface area contributed by atoms with Crippen LogP contribution in [0.15, 0.2) is 70.5 Å². The molecule has 0 saturated carbocycles. The molecule has 0 bridgehead atoms. The largest absolute Gasteiger partial charge is 0.319 e. The fourth-order valence-corrected chi connectivity index (χ4v) is 2.67. The van der Waals surface area contributed by atoms with E-state index in [0.717, 1.165) is 22.3 Å². The van der Waals surface area contributed by atoms with Crippen molar-refractivity contribution in [1.82, 2.24) is 0 Å². The fraction of sp³-hybridized carbons (Fsp3) is 0.300. The van der Waals surface area contributed by atoms with Gasteiger partial charge in [0.25, 0.3) is 0 Å². The van der Waals surface area contributed by atoms with Gasteiger partial charge in [-0.05, 0) is 64.0 Å². The average molecular weight is 360 g/mol. The Kier molecular flexibility index (Phi) is 7.40. The van der Waals surface area contributed by atoms with Crippen LogP contribution in [0.5, 0.6) is 0 Å². The second-order valence-electron chi connectivity index (χ2n) is 5.40. The quantitative estimate of drug-likeness (QED) is 0.506. The first-order chi connectivity index (χ1) is 10.4. The van der Waals surface area contributed by atoms with Crippen molar-refractivity contribution >= 4 is 21.6 Å². The van der Waals surface area contributed by atoms with Gasteiger partial charge in [0, 0.05) is 21.6 Å². The molecule has 0 fully saturated rings. The topological polar surface area (TPSA) is 3.24 Å². The van der Waals surface area contributed by atoms with E-state index in [2.05, 4.69) is 90.7 Å². The first kappa shape index (κ1) is 18.5. The predicted octanol–water partition coefficient (Wildman–Crippen LogP) is 6.78. The lowest BCUT2D eigenvalue weighted by atomic mass is 10.1. The molecule has 0 unspecified atom stereocenters. The minimum absolute atomic E-state index is 0.985. The highest BCUT2D eigenvalue weighted by Gasteiger charge is 2.13. The molecule has 1 nitrogen and oxygen atoms in total. The minimum atomic E-state index is 0.985. The Morgan fingerprint density at radius 1 is 1.27 bits per heavy atom. The molecule has 0 atom stereocenters. The molecule has 0 amide bonds. The molecule has 0 aliphatic carbocycles. The highest BCUT2D eigenvalue weighted by atomic mass is 79.9. The zero-order valence-electron chi connectivity index (χ0n) is 14.3. The summed E-state index contributed by atoms with van der Waals surface area (Å²) < 4.78 is 1.11. The standard InChI is InChI=1S/C20H26BrN/c1-7-16(5)10-9-11-17(6)22(15(3)4)20-13-12-19(21)14-18(20)8-2/h7,9-14H,3,8H2,1-2,4-6H3/b10-9-,16-7?,17-11+. The maximum Gasteiger partial charge on any atom is 0.0487 e. The number of benzene rings is 1. The molecule has 0 heterocycles. The summed E-state index contributed by atoms with van der Waals surface area (Å²) in [7, 11) is 0. The predicted molar refractivity (Wildman–Crippen MR) is 103 cm³/mol. The Hall–Kier alpha value is -1.54. The monoisotopic (exact) mass is 359 g/mol. The van der Waals surface area contributed by atoms with Crippen molar-refractivity contribution in [3.63, 3.8) is 0 Å². The summed E-state index contributed by atoms with van der Waals surface area (Å²) in [6, 6.07) is 6.41. The minimum Gasteiger partial charge on any atom is -0.319 e. The summed E-state index contributed by atoms with van der Waals surface area (Å²) in [4.78, 5) is 2.21. The van der Waals surface area contributed by atoms with E-state index >= 15 is 0 Å². The third kappa shape index (κ3) is 5.03. The molecule has 1 aromatic rings. The molecule has 0 N–H and O–H groups in total. The van der Waals surface area contributed by atoms with E-state index < -0.39 is 0 Å². The number of aryl methyl sites for hydroxylation is 1. The third-order valence-corrected chi connectivity index (χ3v) is 4.04. The fourth-order valence-electron chi connectivity index (χ4n) is 2.26. The van der Waals surface area contributed by atoms with Crippen LogP contribution < -0.4 is 4.90 Å². The van der Waals surface area contributed by atoms with Crippen LogP contribution in [0.25, 0.3) is 0 Å². The Labute approximate surface area is 143 Å². The smallest absolute Gasteiger partial charge is 0.0487 e. The molecular formula is C20H26BrN. The van der Waals surface area contributed by atoms with Gasteiger partial charge in [0.1, 0.15) is 0 Å². The van der Waals surface area contributed by atoms with Gasteiger partial charge in [-0.1, -0.05) is 53.2 Å². The van der Waals surface area contributed by atoms with Crippen molar-refractivity contribution in [2.45, 2.75) is 41.0 Å². The van der Waals surface area contributed by atoms with Crippen LogP contribution in [-0.2, 0) is 6.42 Å². The van der Waals surface area contributed by atoms with E-state index in [9.17, 15) is 0 Å². The highest BCUT2D eigenvalue weighted by molar-refractivity contribution is 9.10. The number of rotatable bonds is 6. The van der Waals surface area contributed by atoms with Crippen LogP contribution in [0.3, 0.4) is 0 Å². The van der Waals surface area contributed by atoms with Crippen LogP contribution >= 0.6 is 15.9 Å². The molecule has 0 aliphatic rings. The Bertz CT molecular complexity index is 621. The maximum absolute atomic E-state index is 4.15. The Balaban J connectivity index is 3.22. The average Bonchev–Trinajstić information content (AvgIpc) is 2.48. The van der Waals surface area contributed by atoms with Crippen molar-refractivity contribution in [3.8, 4) is 0 Å². The van der Waals surface area contributed by atoms with E-state index in [1.54, 1.807) is 0 Å². The lowest BCUT2D eigenvalue weighted by Gasteiger charge is -2.28. The van der Waals surface area contributed by atoms with Crippen LogP contribution in [0.2, 0.25) is 0 Å². The van der Waals surface area contributed by atoms with Gasteiger partial charge in [-0.15, -0.1) is 0 Å².